The molecule has 2 bridgehead atoms. The first-order chi connectivity index (χ1) is 6.66. The number of rotatable bonds is 2. The molecule has 1 aromatic rings. The van der Waals surface area contributed by atoms with E-state index in [1.54, 1.807) is 7.11 Å². The highest BCUT2D eigenvalue weighted by atomic mass is 35.5. The third-order valence-electron chi connectivity index (χ3n) is 3.75. The van der Waals surface area contributed by atoms with Gasteiger partial charge in [-0.3, -0.25) is 0 Å². The molecule has 2 nitrogen and oxygen atoms in total. The van der Waals surface area contributed by atoms with Crippen molar-refractivity contribution in [2.75, 3.05) is 7.11 Å². The topological polar surface area (TPSA) is 35.2 Å². The molecule has 0 aliphatic heterocycles. The molecule has 2 N–H and O–H groups in total. The third kappa shape index (κ3) is 1.35. The Bertz CT molecular complexity index is 371. The second kappa shape index (κ2) is 3.13. The lowest BCUT2D eigenvalue weighted by Gasteiger charge is -2.69. The van der Waals surface area contributed by atoms with Crippen LogP contribution in [0.5, 0.6) is 5.75 Å². The summed E-state index contributed by atoms with van der Waals surface area (Å²) in [5, 5.41) is 0. The maximum Gasteiger partial charge on any atom is 0.119 e. The molecule has 0 aromatic heterocycles. The van der Waals surface area contributed by atoms with Gasteiger partial charge in [-0.1, -0.05) is 12.1 Å². The van der Waals surface area contributed by atoms with Gasteiger partial charge in [0.05, 0.1) is 7.11 Å². The van der Waals surface area contributed by atoms with Crippen LogP contribution in [0.15, 0.2) is 24.3 Å². The summed E-state index contributed by atoms with van der Waals surface area (Å²) in [6.45, 7) is 0. The van der Waals surface area contributed by atoms with Crippen molar-refractivity contribution in [3.63, 3.8) is 0 Å². The van der Waals surface area contributed by atoms with Crippen LogP contribution < -0.4 is 10.5 Å². The van der Waals surface area contributed by atoms with Crippen LogP contribution >= 0.6 is 12.4 Å². The van der Waals surface area contributed by atoms with Gasteiger partial charge < -0.3 is 10.5 Å². The first-order valence-electron chi connectivity index (χ1n) is 5.09. The minimum absolute atomic E-state index is 0. The lowest BCUT2D eigenvalue weighted by molar-refractivity contribution is -0.0590. The Kier molecular flexibility index (Phi) is 2.25. The first-order valence-corrected chi connectivity index (χ1v) is 5.09. The summed E-state index contributed by atoms with van der Waals surface area (Å²) in [5.74, 6) is 0.957. The monoisotopic (exact) mass is 225 g/mol. The summed E-state index contributed by atoms with van der Waals surface area (Å²) in [6, 6.07) is 8.41. The van der Waals surface area contributed by atoms with Crippen LogP contribution in [0.3, 0.4) is 0 Å². The average molecular weight is 226 g/mol. The van der Waals surface area contributed by atoms with E-state index < -0.39 is 0 Å². The standard InChI is InChI=1S/C12H15NO.ClH/c1-14-10-4-2-3-9(5-10)11-6-12(13,7-11)8-11;/h2-5H,6-8,13H2,1H3;1H. The summed E-state index contributed by atoms with van der Waals surface area (Å²) < 4.78 is 5.23. The molecule has 3 aliphatic carbocycles. The molecule has 0 heterocycles. The maximum atomic E-state index is 6.05. The number of methoxy groups -OCH3 is 1. The van der Waals surface area contributed by atoms with E-state index in [1.807, 2.05) is 6.07 Å². The molecule has 0 spiro atoms. The summed E-state index contributed by atoms with van der Waals surface area (Å²) >= 11 is 0. The van der Waals surface area contributed by atoms with E-state index in [0.29, 0.717) is 5.41 Å². The second-order valence-electron chi connectivity index (χ2n) is 4.90. The van der Waals surface area contributed by atoms with Gasteiger partial charge in [-0.2, -0.15) is 0 Å². The van der Waals surface area contributed by atoms with E-state index in [-0.39, 0.29) is 17.9 Å². The van der Waals surface area contributed by atoms with Crippen LogP contribution in [0.2, 0.25) is 0 Å². The number of hydrogen-bond acceptors (Lipinski definition) is 2. The Hall–Kier alpha value is -0.730. The zero-order valence-corrected chi connectivity index (χ0v) is 9.64. The van der Waals surface area contributed by atoms with Crippen LogP contribution in [0.25, 0.3) is 0 Å². The van der Waals surface area contributed by atoms with Crippen molar-refractivity contribution in [2.45, 2.75) is 30.2 Å². The molecule has 3 saturated carbocycles. The van der Waals surface area contributed by atoms with E-state index in [9.17, 15) is 0 Å². The van der Waals surface area contributed by atoms with Gasteiger partial charge in [0.2, 0.25) is 0 Å². The van der Waals surface area contributed by atoms with Crippen LogP contribution in [-0.2, 0) is 5.41 Å². The van der Waals surface area contributed by atoms with E-state index in [4.69, 9.17) is 10.5 Å². The van der Waals surface area contributed by atoms with Gasteiger partial charge in [0.15, 0.2) is 0 Å². The van der Waals surface area contributed by atoms with Gasteiger partial charge in [0.1, 0.15) is 5.75 Å². The van der Waals surface area contributed by atoms with Crippen LogP contribution in [-0.4, -0.2) is 12.6 Å². The molecule has 3 heteroatoms. The van der Waals surface area contributed by atoms with Crippen LogP contribution in [0.1, 0.15) is 24.8 Å². The van der Waals surface area contributed by atoms with Gasteiger partial charge in [-0.25, -0.2) is 0 Å². The number of hydrogen-bond donors (Lipinski definition) is 1. The van der Waals surface area contributed by atoms with Crippen molar-refractivity contribution in [2.24, 2.45) is 5.73 Å². The van der Waals surface area contributed by atoms with Crippen molar-refractivity contribution in [1.82, 2.24) is 0 Å². The Morgan fingerprint density at radius 3 is 2.47 bits per heavy atom. The Balaban J connectivity index is 0.000000853. The fourth-order valence-electron chi connectivity index (χ4n) is 3.13. The number of ether oxygens (including phenoxy) is 1. The minimum Gasteiger partial charge on any atom is -0.497 e. The molecule has 4 rings (SSSR count). The van der Waals surface area contributed by atoms with E-state index >= 15 is 0 Å². The molecule has 3 fully saturated rings. The number of nitrogens with two attached hydrogens (primary N) is 1. The van der Waals surface area contributed by atoms with Crippen molar-refractivity contribution >= 4 is 12.4 Å². The normalized spacial score (nSPS) is 35.9. The highest BCUT2D eigenvalue weighted by Gasteiger charge is 2.66. The zero-order chi connectivity index (χ0) is 9.81. The zero-order valence-electron chi connectivity index (χ0n) is 8.82. The minimum atomic E-state index is 0. The van der Waals surface area contributed by atoms with Gasteiger partial charge >= 0.3 is 0 Å². The molecule has 3 aliphatic rings. The summed E-state index contributed by atoms with van der Waals surface area (Å²) in [4.78, 5) is 0. The fourth-order valence-corrected chi connectivity index (χ4v) is 3.13. The molecule has 0 atom stereocenters. The van der Waals surface area contributed by atoms with Gasteiger partial charge in [-0.05, 0) is 37.0 Å². The predicted molar refractivity (Wildman–Crippen MR) is 62.7 cm³/mol. The smallest absolute Gasteiger partial charge is 0.119 e. The van der Waals surface area contributed by atoms with Crippen molar-refractivity contribution in [1.29, 1.82) is 0 Å². The molecule has 0 amide bonds. The quantitative estimate of drug-likeness (QED) is 0.838. The van der Waals surface area contributed by atoms with Gasteiger partial charge in [0, 0.05) is 11.0 Å². The van der Waals surface area contributed by atoms with Crippen LogP contribution in [0.4, 0.5) is 0 Å². The second-order valence-corrected chi connectivity index (χ2v) is 4.90. The van der Waals surface area contributed by atoms with E-state index in [1.165, 1.54) is 5.56 Å². The van der Waals surface area contributed by atoms with Crippen LogP contribution in [0, 0.1) is 0 Å². The molecule has 15 heavy (non-hydrogen) atoms. The molecular weight excluding hydrogens is 210 g/mol. The highest BCUT2D eigenvalue weighted by Crippen LogP contribution is 2.66. The van der Waals surface area contributed by atoms with E-state index in [2.05, 4.69) is 18.2 Å². The Morgan fingerprint density at radius 1 is 1.27 bits per heavy atom. The summed E-state index contributed by atoms with van der Waals surface area (Å²) in [6.07, 6.45) is 3.48. The maximum absolute atomic E-state index is 6.05. The van der Waals surface area contributed by atoms with Crippen molar-refractivity contribution in [3.8, 4) is 5.75 Å². The summed E-state index contributed by atoms with van der Waals surface area (Å²) in [5.41, 5.74) is 8.05. The highest BCUT2D eigenvalue weighted by molar-refractivity contribution is 5.85. The predicted octanol–water partition coefficient (Wildman–Crippen LogP) is 2.25. The molecule has 0 unspecified atom stereocenters. The fraction of sp³-hybridized carbons (Fsp3) is 0.500. The molecule has 82 valence electrons. The van der Waals surface area contributed by atoms with E-state index in [0.717, 1.165) is 25.0 Å². The largest absolute Gasteiger partial charge is 0.497 e. The van der Waals surface area contributed by atoms with Crippen molar-refractivity contribution < 1.29 is 4.74 Å². The SMILES string of the molecule is COc1cccc(C23CC(N)(C2)C3)c1.Cl. The lowest BCUT2D eigenvalue weighted by Crippen LogP contribution is -2.74. The first kappa shape index (κ1) is 10.8. The number of halogens is 1. The average Bonchev–Trinajstić information content (AvgIpc) is 2.12. The summed E-state index contributed by atoms with van der Waals surface area (Å²) in [7, 11) is 1.71. The molecular formula is C12H16ClNO. The van der Waals surface area contributed by atoms with Crippen molar-refractivity contribution in [3.05, 3.63) is 29.8 Å². The molecule has 0 saturated heterocycles. The van der Waals surface area contributed by atoms with Gasteiger partial charge in [-0.15, -0.1) is 12.4 Å². The molecule has 1 aromatic carbocycles. The third-order valence-corrected chi connectivity index (χ3v) is 3.75. The molecule has 0 radical (unpaired) electrons. The van der Waals surface area contributed by atoms with Gasteiger partial charge in [0.25, 0.3) is 0 Å². The Labute approximate surface area is 96.2 Å². The Morgan fingerprint density at radius 2 is 1.93 bits per heavy atom. The number of benzene rings is 1. The lowest BCUT2D eigenvalue weighted by atomic mass is 9.38.